The summed E-state index contributed by atoms with van der Waals surface area (Å²) in [6.07, 6.45) is 12.0. The number of nitrogens with one attached hydrogen (secondary N) is 1. The van der Waals surface area contributed by atoms with Gasteiger partial charge in [0, 0.05) is 53.9 Å². The Morgan fingerprint density at radius 3 is 2.86 bits per heavy atom. The van der Waals surface area contributed by atoms with Gasteiger partial charge in [0.1, 0.15) is 11.7 Å². The molecule has 156 valence electrons. The van der Waals surface area contributed by atoms with Crippen LogP contribution in [0.3, 0.4) is 0 Å². The molecule has 1 saturated heterocycles. The standard InChI is InChI=1S/C22H29ClN4O2/c1-25-14-18(17-7-10-24-20(17)22(25)29)21(28)26(2)16-8-11-27(12-9-16)13-15-5-3-4-6-19(15)23/h3-4,6-7,10,14-16,21,24,28H,5,8-9,11-13H2,1-2H3. The fraction of sp³-hybridized carbons (Fsp3) is 0.500. The minimum atomic E-state index is -0.752. The van der Waals surface area contributed by atoms with E-state index >= 15 is 0 Å². The number of allylic oxidation sites excluding steroid dienone is 3. The lowest BCUT2D eigenvalue weighted by Gasteiger charge is -2.40. The van der Waals surface area contributed by atoms with Crippen molar-refractivity contribution in [2.75, 3.05) is 26.7 Å². The highest BCUT2D eigenvalue weighted by molar-refractivity contribution is 6.30. The van der Waals surface area contributed by atoms with Crippen LogP contribution in [0.1, 0.15) is 31.1 Å². The van der Waals surface area contributed by atoms with E-state index < -0.39 is 6.23 Å². The SMILES string of the molecule is CN(C1CCN(CC2CC=CC=C2Cl)CC1)C(O)c1cn(C)c(=O)c2[nH]ccc12. The molecule has 2 aliphatic rings. The summed E-state index contributed by atoms with van der Waals surface area (Å²) in [5.74, 6) is 0.397. The van der Waals surface area contributed by atoms with Gasteiger partial charge in [-0.3, -0.25) is 9.69 Å². The van der Waals surface area contributed by atoms with Gasteiger partial charge < -0.3 is 19.6 Å². The van der Waals surface area contributed by atoms with Crippen molar-refractivity contribution in [3.63, 3.8) is 0 Å². The summed E-state index contributed by atoms with van der Waals surface area (Å²) in [7, 11) is 3.69. The lowest BCUT2D eigenvalue weighted by atomic mass is 9.97. The Bertz CT molecular complexity index is 984. The van der Waals surface area contributed by atoms with Crippen LogP contribution in [0, 0.1) is 5.92 Å². The predicted molar refractivity (Wildman–Crippen MR) is 117 cm³/mol. The Morgan fingerprint density at radius 1 is 1.38 bits per heavy atom. The number of rotatable bonds is 5. The summed E-state index contributed by atoms with van der Waals surface area (Å²) in [6.45, 7) is 2.99. The fourth-order valence-electron chi connectivity index (χ4n) is 4.56. The molecule has 0 amide bonds. The number of aromatic nitrogens is 2. The summed E-state index contributed by atoms with van der Waals surface area (Å²) < 4.78 is 1.53. The fourth-order valence-corrected chi connectivity index (χ4v) is 4.79. The second kappa shape index (κ2) is 8.48. The van der Waals surface area contributed by atoms with Gasteiger partial charge in [0.15, 0.2) is 0 Å². The van der Waals surface area contributed by atoms with Gasteiger partial charge in [-0.05, 0) is 51.5 Å². The molecule has 2 unspecified atom stereocenters. The number of hydrogen-bond donors (Lipinski definition) is 2. The number of hydrogen-bond acceptors (Lipinski definition) is 4. The second-order valence-electron chi connectivity index (χ2n) is 8.25. The number of fused-ring (bicyclic) bond motifs is 1. The Hall–Kier alpha value is -1.86. The van der Waals surface area contributed by atoms with Gasteiger partial charge in [0.05, 0.1) is 0 Å². The molecule has 1 fully saturated rings. The summed E-state index contributed by atoms with van der Waals surface area (Å²) in [5, 5.41) is 12.8. The molecule has 1 aliphatic carbocycles. The summed E-state index contributed by atoms with van der Waals surface area (Å²) >= 11 is 6.37. The van der Waals surface area contributed by atoms with Gasteiger partial charge in [-0.2, -0.15) is 0 Å². The molecule has 2 aromatic heterocycles. The lowest BCUT2D eigenvalue weighted by molar-refractivity contribution is -0.0255. The van der Waals surface area contributed by atoms with E-state index in [-0.39, 0.29) is 5.56 Å². The number of pyridine rings is 1. The van der Waals surface area contributed by atoms with Crippen LogP contribution in [0.5, 0.6) is 0 Å². The molecule has 0 radical (unpaired) electrons. The molecule has 0 bridgehead atoms. The van der Waals surface area contributed by atoms with Crippen LogP contribution < -0.4 is 5.56 Å². The number of piperidine rings is 1. The van der Waals surface area contributed by atoms with E-state index in [0.29, 0.717) is 17.5 Å². The molecule has 4 rings (SSSR count). The van der Waals surface area contributed by atoms with Crippen molar-refractivity contribution in [2.45, 2.75) is 31.5 Å². The number of aryl methyl sites for hydroxylation is 1. The molecular weight excluding hydrogens is 388 g/mol. The third-order valence-corrected chi connectivity index (χ3v) is 6.84. The molecule has 3 heterocycles. The third kappa shape index (κ3) is 4.08. The lowest BCUT2D eigenvalue weighted by Crippen LogP contribution is -2.46. The van der Waals surface area contributed by atoms with Crippen molar-refractivity contribution >= 4 is 22.5 Å². The van der Waals surface area contributed by atoms with Crippen LogP contribution in [0.15, 0.2) is 46.5 Å². The maximum absolute atomic E-state index is 12.3. The first-order chi connectivity index (χ1) is 14.0. The monoisotopic (exact) mass is 416 g/mol. The van der Waals surface area contributed by atoms with E-state index in [1.54, 1.807) is 19.4 Å². The first-order valence-corrected chi connectivity index (χ1v) is 10.6. The number of nitrogens with zero attached hydrogens (tertiary/aromatic N) is 3. The zero-order valence-corrected chi connectivity index (χ0v) is 17.8. The molecule has 7 heteroatoms. The van der Waals surface area contributed by atoms with Crippen LogP contribution >= 0.6 is 11.6 Å². The number of halogens is 1. The van der Waals surface area contributed by atoms with Crippen molar-refractivity contribution in [1.82, 2.24) is 19.4 Å². The van der Waals surface area contributed by atoms with E-state index in [4.69, 9.17) is 11.6 Å². The molecule has 29 heavy (non-hydrogen) atoms. The maximum atomic E-state index is 12.3. The number of aliphatic hydroxyl groups is 1. The van der Waals surface area contributed by atoms with Gasteiger partial charge in [-0.25, -0.2) is 0 Å². The molecule has 2 aromatic rings. The molecule has 0 saturated carbocycles. The number of aliphatic hydroxyl groups excluding tert-OH is 1. The quantitative estimate of drug-likeness (QED) is 0.735. The zero-order valence-electron chi connectivity index (χ0n) is 17.0. The minimum Gasteiger partial charge on any atom is -0.374 e. The van der Waals surface area contributed by atoms with Crippen molar-refractivity contribution in [1.29, 1.82) is 0 Å². The van der Waals surface area contributed by atoms with Crippen molar-refractivity contribution in [3.05, 3.63) is 57.6 Å². The van der Waals surface area contributed by atoms with Crippen molar-refractivity contribution in [2.24, 2.45) is 13.0 Å². The van der Waals surface area contributed by atoms with Gasteiger partial charge >= 0.3 is 0 Å². The van der Waals surface area contributed by atoms with Crippen LogP contribution in [0.25, 0.3) is 10.9 Å². The molecule has 2 N–H and O–H groups in total. The molecular formula is C22H29ClN4O2. The van der Waals surface area contributed by atoms with Crippen molar-refractivity contribution < 1.29 is 5.11 Å². The largest absolute Gasteiger partial charge is 0.374 e. The van der Waals surface area contributed by atoms with E-state index in [1.807, 2.05) is 30.2 Å². The van der Waals surface area contributed by atoms with Gasteiger partial charge in [-0.1, -0.05) is 23.8 Å². The van der Waals surface area contributed by atoms with Gasteiger partial charge in [-0.15, -0.1) is 0 Å². The van der Waals surface area contributed by atoms with E-state index in [2.05, 4.69) is 16.0 Å². The summed E-state index contributed by atoms with van der Waals surface area (Å²) in [4.78, 5) is 19.8. The highest BCUT2D eigenvalue weighted by Crippen LogP contribution is 2.30. The zero-order chi connectivity index (χ0) is 20.5. The molecule has 2 atom stereocenters. The molecule has 1 aliphatic heterocycles. The Labute approximate surface area is 176 Å². The normalized spacial score (nSPS) is 22.4. The first kappa shape index (κ1) is 20.4. The Morgan fingerprint density at radius 2 is 2.14 bits per heavy atom. The third-order valence-electron chi connectivity index (χ3n) is 6.40. The van der Waals surface area contributed by atoms with Crippen molar-refractivity contribution in [3.8, 4) is 0 Å². The Balaban J connectivity index is 1.41. The molecule has 6 nitrogen and oxygen atoms in total. The summed E-state index contributed by atoms with van der Waals surface area (Å²) in [5.41, 5.74) is 1.22. The molecule has 0 spiro atoms. The van der Waals surface area contributed by atoms with Gasteiger partial charge in [0.25, 0.3) is 5.56 Å². The second-order valence-corrected chi connectivity index (χ2v) is 8.69. The van der Waals surface area contributed by atoms with Crippen LogP contribution in [-0.4, -0.2) is 57.2 Å². The Kier molecular flexibility index (Phi) is 5.97. The average Bonchev–Trinajstić information content (AvgIpc) is 3.22. The van der Waals surface area contributed by atoms with E-state index in [0.717, 1.165) is 54.9 Å². The van der Waals surface area contributed by atoms with Crippen LogP contribution in [0.2, 0.25) is 0 Å². The van der Waals surface area contributed by atoms with Gasteiger partial charge in [0.2, 0.25) is 0 Å². The first-order valence-electron chi connectivity index (χ1n) is 10.3. The predicted octanol–water partition coefficient (Wildman–Crippen LogP) is 2.95. The number of likely N-dealkylation sites (tertiary alicyclic amines) is 1. The minimum absolute atomic E-state index is 0.0813. The van der Waals surface area contributed by atoms with E-state index in [9.17, 15) is 9.90 Å². The smallest absolute Gasteiger partial charge is 0.274 e. The van der Waals surface area contributed by atoms with E-state index in [1.165, 1.54) is 4.57 Å². The van der Waals surface area contributed by atoms with Crippen LogP contribution in [0.4, 0.5) is 0 Å². The topological polar surface area (TPSA) is 64.5 Å². The highest BCUT2D eigenvalue weighted by Gasteiger charge is 2.29. The maximum Gasteiger partial charge on any atom is 0.274 e. The van der Waals surface area contributed by atoms with Crippen LogP contribution in [-0.2, 0) is 7.05 Å². The average molecular weight is 417 g/mol. The number of aromatic amines is 1. The summed E-state index contributed by atoms with van der Waals surface area (Å²) in [6, 6.07) is 2.16. The number of H-pyrrole nitrogens is 1. The highest BCUT2D eigenvalue weighted by atomic mass is 35.5. The molecule has 0 aromatic carbocycles.